The topological polar surface area (TPSA) is 75.4 Å². The van der Waals surface area contributed by atoms with Gasteiger partial charge < -0.3 is 16.0 Å². The summed E-state index contributed by atoms with van der Waals surface area (Å²) in [5, 5.41) is 2.92. The van der Waals surface area contributed by atoms with Gasteiger partial charge in [-0.05, 0) is 32.2 Å². The molecule has 1 rings (SSSR count). The fraction of sp³-hybridized carbons (Fsp3) is 0.857. The van der Waals surface area contributed by atoms with Gasteiger partial charge >= 0.3 is 0 Å². The van der Waals surface area contributed by atoms with Crippen LogP contribution in [0.15, 0.2) is 0 Å². The van der Waals surface area contributed by atoms with Gasteiger partial charge in [-0.2, -0.15) is 0 Å². The third-order valence-corrected chi connectivity index (χ3v) is 3.60. The molecule has 0 saturated carbocycles. The lowest BCUT2D eigenvalue weighted by atomic mass is 10.0. The predicted molar refractivity (Wildman–Crippen MR) is 75.6 cm³/mol. The summed E-state index contributed by atoms with van der Waals surface area (Å²) in [5.74, 6) is 0.277. The first-order valence-electron chi connectivity index (χ1n) is 7.38. The minimum Gasteiger partial charge on any atom is -0.353 e. The first-order chi connectivity index (χ1) is 9.13. The van der Waals surface area contributed by atoms with Gasteiger partial charge in [0.2, 0.25) is 11.8 Å². The van der Waals surface area contributed by atoms with Crippen LogP contribution in [0, 0.1) is 0 Å². The number of carbonyl (C=O) groups is 2. The molecule has 5 heteroatoms. The number of nitrogens with one attached hydrogen (secondary N) is 1. The Labute approximate surface area is 115 Å². The van der Waals surface area contributed by atoms with Gasteiger partial charge in [0.15, 0.2) is 0 Å². The molecule has 19 heavy (non-hydrogen) atoms. The molecule has 0 aromatic heterocycles. The van der Waals surface area contributed by atoms with Crippen LogP contribution in [0.25, 0.3) is 0 Å². The Morgan fingerprint density at radius 1 is 1.16 bits per heavy atom. The second-order valence-electron chi connectivity index (χ2n) is 5.31. The van der Waals surface area contributed by atoms with E-state index in [9.17, 15) is 9.59 Å². The summed E-state index contributed by atoms with van der Waals surface area (Å²) >= 11 is 0. The number of hydrogen-bond acceptors (Lipinski definition) is 3. The van der Waals surface area contributed by atoms with E-state index in [2.05, 4.69) is 5.32 Å². The highest BCUT2D eigenvalue weighted by molar-refractivity contribution is 5.76. The van der Waals surface area contributed by atoms with Crippen LogP contribution in [0.3, 0.4) is 0 Å². The summed E-state index contributed by atoms with van der Waals surface area (Å²) in [6.07, 6.45) is 6.62. The Morgan fingerprint density at radius 2 is 1.79 bits per heavy atom. The fourth-order valence-corrected chi connectivity index (χ4v) is 2.49. The molecule has 3 N–H and O–H groups in total. The number of rotatable bonds is 7. The maximum atomic E-state index is 12.0. The van der Waals surface area contributed by atoms with E-state index in [0.29, 0.717) is 6.42 Å². The van der Waals surface area contributed by atoms with E-state index in [0.717, 1.165) is 58.2 Å². The molecule has 1 heterocycles. The zero-order valence-electron chi connectivity index (χ0n) is 12.0. The molecular formula is C14H27N3O2. The summed E-state index contributed by atoms with van der Waals surface area (Å²) in [4.78, 5) is 24.9. The Balaban J connectivity index is 2.12. The minimum atomic E-state index is 0.0182. The van der Waals surface area contributed by atoms with Crippen LogP contribution in [0.2, 0.25) is 0 Å². The van der Waals surface area contributed by atoms with E-state index in [1.54, 1.807) is 6.92 Å². The van der Waals surface area contributed by atoms with Crippen molar-refractivity contribution in [3.8, 4) is 0 Å². The van der Waals surface area contributed by atoms with Crippen molar-refractivity contribution in [3.63, 3.8) is 0 Å². The third-order valence-electron chi connectivity index (χ3n) is 3.60. The molecule has 110 valence electrons. The lowest BCUT2D eigenvalue weighted by Crippen LogP contribution is -2.46. The fourth-order valence-electron chi connectivity index (χ4n) is 2.49. The lowest BCUT2D eigenvalue weighted by Gasteiger charge is -2.32. The van der Waals surface area contributed by atoms with Crippen LogP contribution >= 0.6 is 0 Å². The number of amides is 2. The van der Waals surface area contributed by atoms with Gasteiger partial charge in [0, 0.05) is 32.5 Å². The minimum absolute atomic E-state index is 0.0182. The van der Waals surface area contributed by atoms with Crippen molar-refractivity contribution < 1.29 is 9.59 Å². The summed E-state index contributed by atoms with van der Waals surface area (Å²) in [5.41, 5.74) is 5.43. The predicted octanol–water partition coefficient (Wildman–Crippen LogP) is 1.02. The molecule has 1 saturated heterocycles. The smallest absolute Gasteiger partial charge is 0.222 e. The van der Waals surface area contributed by atoms with E-state index in [-0.39, 0.29) is 17.9 Å². The molecule has 0 aromatic rings. The van der Waals surface area contributed by atoms with Gasteiger partial charge in [-0.25, -0.2) is 0 Å². The maximum Gasteiger partial charge on any atom is 0.222 e. The second kappa shape index (κ2) is 8.91. The molecular weight excluding hydrogens is 242 g/mol. The van der Waals surface area contributed by atoms with Crippen molar-refractivity contribution in [2.45, 2.75) is 57.9 Å². The molecule has 0 aliphatic carbocycles. The number of hydrogen-bond donors (Lipinski definition) is 2. The lowest BCUT2D eigenvalue weighted by molar-refractivity contribution is -0.132. The highest BCUT2D eigenvalue weighted by atomic mass is 16.2. The molecule has 1 fully saturated rings. The SMILES string of the molecule is CC(=O)NC1CCN(C(=O)CCCCCCN)CC1. The van der Waals surface area contributed by atoms with Crippen molar-refractivity contribution >= 4 is 11.8 Å². The first kappa shape index (κ1) is 16.0. The van der Waals surface area contributed by atoms with Crippen molar-refractivity contribution in [1.82, 2.24) is 10.2 Å². The van der Waals surface area contributed by atoms with Gasteiger partial charge in [0.1, 0.15) is 0 Å². The van der Waals surface area contributed by atoms with Crippen molar-refractivity contribution in [2.24, 2.45) is 5.73 Å². The molecule has 0 spiro atoms. The van der Waals surface area contributed by atoms with Crippen molar-refractivity contribution in [2.75, 3.05) is 19.6 Å². The van der Waals surface area contributed by atoms with Gasteiger partial charge in [-0.15, -0.1) is 0 Å². The van der Waals surface area contributed by atoms with Crippen LogP contribution < -0.4 is 11.1 Å². The molecule has 0 atom stereocenters. The van der Waals surface area contributed by atoms with Crippen molar-refractivity contribution in [3.05, 3.63) is 0 Å². The zero-order valence-corrected chi connectivity index (χ0v) is 12.0. The number of nitrogens with zero attached hydrogens (tertiary/aromatic N) is 1. The molecule has 2 amide bonds. The summed E-state index contributed by atoms with van der Waals surface area (Å²) in [6, 6.07) is 0.242. The van der Waals surface area contributed by atoms with Gasteiger partial charge in [0.05, 0.1) is 0 Å². The summed E-state index contributed by atoms with van der Waals surface area (Å²) in [7, 11) is 0. The zero-order chi connectivity index (χ0) is 14.1. The molecule has 0 bridgehead atoms. The second-order valence-corrected chi connectivity index (χ2v) is 5.31. The molecule has 1 aliphatic heterocycles. The van der Waals surface area contributed by atoms with Crippen LogP contribution in [0.1, 0.15) is 51.9 Å². The largest absolute Gasteiger partial charge is 0.353 e. The van der Waals surface area contributed by atoms with Crippen LogP contribution in [-0.4, -0.2) is 42.4 Å². The van der Waals surface area contributed by atoms with E-state index in [1.165, 1.54) is 0 Å². The van der Waals surface area contributed by atoms with Gasteiger partial charge in [-0.1, -0.05) is 12.8 Å². The van der Waals surface area contributed by atoms with Crippen LogP contribution in [0.5, 0.6) is 0 Å². The maximum absolute atomic E-state index is 12.0. The quantitative estimate of drug-likeness (QED) is 0.678. The summed E-state index contributed by atoms with van der Waals surface area (Å²) < 4.78 is 0. The average Bonchev–Trinajstić information content (AvgIpc) is 2.38. The molecule has 0 unspecified atom stereocenters. The van der Waals surface area contributed by atoms with Crippen LogP contribution in [-0.2, 0) is 9.59 Å². The number of nitrogens with two attached hydrogens (primary N) is 1. The van der Waals surface area contributed by atoms with E-state index < -0.39 is 0 Å². The highest BCUT2D eigenvalue weighted by Crippen LogP contribution is 2.13. The molecule has 0 aromatic carbocycles. The van der Waals surface area contributed by atoms with Crippen LogP contribution in [0.4, 0.5) is 0 Å². The Hall–Kier alpha value is -1.10. The first-order valence-corrected chi connectivity index (χ1v) is 7.38. The van der Waals surface area contributed by atoms with E-state index in [1.807, 2.05) is 4.90 Å². The number of likely N-dealkylation sites (tertiary alicyclic amines) is 1. The number of piperidine rings is 1. The number of carbonyl (C=O) groups excluding carboxylic acids is 2. The monoisotopic (exact) mass is 269 g/mol. The van der Waals surface area contributed by atoms with Crippen molar-refractivity contribution in [1.29, 1.82) is 0 Å². The van der Waals surface area contributed by atoms with E-state index >= 15 is 0 Å². The molecule has 0 radical (unpaired) electrons. The Bertz CT molecular complexity index is 286. The summed E-state index contributed by atoms with van der Waals surface area (Å²) in [6.45, 7) is 3.82. The van der Waals surface area contributed by atoms with Gasteiger partial charge in [-0.3, -0.25) is 9.59 Å². The standard InChI is InChI=1S/C14H27N3O2/c1-12(18)16-13-7-10-17(11-8-13)14(19)6-4-2-3-5-9-15/h13H,2-11,15H2,1H3,(H,16,18). The Morgan fingerprint density at radius 3 is 2.37 bits per heavy atom. The third kappa shape index (κ3) is 6.57. The molecule has 1 aliphatic rings. The Kier molecular flexibility index (Phi) is 7.48. The average molecular weight is 269 g/mol. The van der Waals surface area contributed by atoms with Gasteiger partial charge in [0.25, 0.3) is 0 Å². The normalized spacial score (nSPS) is 16.4. The number of unbranched alkanes of at least 4 members (excludes halogenated alkanes) is 3. The van der Waals surface area contributed by atoms with E-state index in [4.69, 9.17) is 5.73 Å². The molecule has 5 nitrogen and oxygen atoms in total. The highest BCUT2D eigenvalue weighted by Gasteiger charge is 2.22.